The Balaban J connectivity index is 1.63. The van der Waals surface area contributed by atoms with Gasteiger partial charge in [-0.2, -0.15) is 5.26 Å². The maximum absolute atomic E-state index is 9.19. The van der Waals surface area contributed by atoms with Crippen LogP contribution in [0.3, 0.4) is 0 Å². The summed E-state index contributed by atoms with van der Waals surface area (Å²) in [6, 6.07) is 17.0. The zero-order chi connectivity index (χ0) is 14.8. The van der Waals surface area contributed by atoms with Crippen LogP contribution in [-0.2, 0) is 0 Å². The van der Waals surface area contributed by atoms with Crippen molar-refractivity contribution in [3.05, 3.63) is 62.5 Å². The number of nitrogens with zero attached hydrogens (tertiary/aromatic N) is 1. The highest BCUT2D eigenvalue weighted by Crippen LogP contribution is 2.39. The summed E-state index contributed by atoms with van der Waals surface area (Å²) >= 11 is 6.86. The molecule has 0 amide bonds. The Hall–Kier alpha value is -1.31. The van der Waals surface area contributed by atoms with Gasteiger partial charge in [0, 0.05) is 15.0 Å². The predicted octanol–water partition coefficient (Wildman–Crippen LogP) is 5.44. The zero-order valence-corrected chi connectivity index (χ0v) is 14.5. The lowest BCUT2D eigenvalue weighted by Crippen LogP contribution is -2.34. The molecule has 3 rings (SSSR count). The summed E-state index contributed by atoms with van der Waals surface area (Å²) in [6.07, 6.45) is 2.23. The molecule has 0 aromatic heterocycles. The number of benzene rings is 2. The third-order valence-corrected chi connectivity index (χ3v) is 4.96. The molecule has 2 aromatic rings. The minimum absolute atomic E-state index is 0.451. The van der Waals surface area contributed by atoms with Crippen LogP contribution in [0.4, 0.5) is 5.69 Å². The Labute approximate surface area is 141 Å². The van der Waals surface area contributed by atoms with Gasteiger partial charge < -0.3 is 5.32 Å². The highest BCUT2D eigenvalue weighted by molar-refractivity contribution is 9.10. The van der Waals surface area contributed by atoms with Crippen molar-refractivity contribution in [1.29, 1.82) is 5.26 Å². The number of rotatable bonds is 3. The van der Waals surface area contributed by atoms with E-state index in [1.54, 1.807) is 0 Å². The molecule has 4 heteroatoms. The molecule has 1 aliphatic rings. The van der Waals surface area contributed by atoms with Gasteiger partial charge in [-0.25, -0.2) is 0 Å². The molecule has 0 saturated heterocycles. The lowest BCUT2D eigenvalue weighted by Gasteiger charge is -2.37. The van der Waals surface area contributed by atoms with E-state index in [9.17, 15) is 5.26 Å². The SMILES string of the molecule is N#Cc1cc(Br)ccc1NC1CC(c2ccc(Br)cc2)C1. The summed E-state index contributed by atoms with van der Waals surface area (Å²) in [7, 11) is 0. The van der Waals surface area contributed by atoms with E-state index < -0.39 is 0 Å². The fourth-order valence-corrected chi connectivity index (χ4v) is 3.32. The third kappa shape index (κ3) is 3.30. The third-order valence-electron chi connectivity index (χ3n) is 3.94. The molecule has 21 heavy (non-hydrogen) atoms. The number of hydrogen-bond donors (Lipinski definition) is 1. The Kier molecular flexibility index (Phi) is 4.32. The first-order chi connectivity index (χ1) is 10.2. The number of hydrogen-bond acceptors (Lipinski definition) is 2. The van der Waals surface area contributed by atoms with E-state index >= 15 is 0 Å². The largest absolute Gasteiger partial charge is 0.381 e. The Morgan fingerprint density at radius 3 is 2.33 bits per heavy atom. The predicted molar refractivity (Wildman–Crippen MR) is 92.4 cm³/mol. The second-order valence-electron chi connectivity index (χ2n) is 5.36. The number of nitriles is 1. The van der Waals surface area contributed by atoms with Crippen LogP contribution in [0.15, 0.2) is 51.4 Å². The van der Waals surface area contributed by atoms with Crippen molar-refractivity contribution in [3.63, 3.8) is 0 Å². The van der Waals surface area contributed by atoms with Gasteiger partial charge >= 0.3 is 0 Å². The summed E-state index contributed by atoms with van der Waals surface area (Å²) in [4.78, 5) is 0. The monoisotopic (exact) mass is 404 g/mol. The molecule has 1 aliphatic carbocycles. The van der Waals surface area contributed by atoms with Gasteiger partial charge in [0.2, 0.25) is 0 Å². The van der Waals surface area contributed by atoms with Crippen molar-refractivity contribution in [2.24, 2.45) is 0 Å². The first-order valence-electron chi connectivity index (χ1n) is 6.87. The van der Waals surface area contributed by atoms with Crippen LogP contribution in [0, 0.1) is 11.3 Å². The molecule has 0 heterocycles. The molecule has 1 N–H and O–H groups in total. The molecule has 0 unspecified atom stereocenters. The van der Waals surface area contributed by atoms with E-state index in [4.69, 9.17) is 0 Å². The van der Waals surface area contributed by atoms with Crippen molar-refractivity contribution in [3.8, 4) is 6.07 Å². The fourth-order valence-electron chi connectivity index (χ4n) is 2.70. The van der Waals surface area contributed by atoms with Crippen LogP contribution in [0.1, 0.15) is 29.9 Å². The maximum atomic E-state index is 9.19. The van der Waals surface area contributed by atoms with Crippen molar-refractivity contribution < 1.29 is 0 Å². The normalized spacial score (nSPS) is 20.4. The minimum Gasteiger partial charge on any atom is -0.381 e. The van der Waals surface area contributed by atoms with Crippen LogP contribution < -0.4 is 5.32 Å². The van der Waals surface area contributed by atoms with E-state index in [1.165, 1.54) is 5.56 Å². The Morgan fingerprint density at radius 2 is 1.67 bits per heavy atom. The first-order valence-corrected chi connectivity index (χ1v) is 8.46. The molecule has 1 saturated carbocycles. The van der Waals surface area contributed by atoms with E-state index in [0.717, 1.165) is 27.5 Å². The smallest absolute Gasteiger partial charge is 0.101 e. The van der Waals surface area contributed by atoms with Crippen LogP contribution in [0.25, 0.3) is 0 Å². The molecule has 2 aromatic carbocycles. The molecular formula is C17H14Br2N2. The van der Waals surface area contributed by atoms with Gasteiger partial charge in [0.15, 0.2) is 0 Å². The zero-order valence-electron chi connectivity index (χ0n) is 11.3. The quantitative estimate of drug-likeness (QED) is 0.737. The molecular weight excluding hydrogens is 392 g/mol. The molecule has 2 nitrogen and oxygen atoms in total. The van der Waals surface area contributed by atoms with Crippen molar-refractivity contribution in [2.45, 2.75) is 24.8 Å². The molecule has 106 valence electrons. The molecule has 1 fully saturated rings. The average Bonchev–Trinajstić information content (AvgIpc) is 2.45. The van der Waals surface area contributed by atoms with Gasteiger partial charge in [0.25, 0.3) is 0 Å². The van der Waals surface area contributed by atoms with E-state index in [1.807, 2.05) is 18.2 Å². The Bertz CT molecular complexity index is 683. The second kappa shape index (κ2) is 6.21. The molecule has 0 aliphatic heterocycles. The molecule has 0 bridgehead atoms. The van der Waals surface area contributed by atoms with Crippen molar-refractivity contribution in [1.82, 2.24) is 0 Å². The average molecular weight is 406 g/mol. The van der Waals surface area contributed by atoms with E-state index in [2.05, 4.69) is 67.5 Å². The molecule has 0 radical (unpaired) electrons. The number of anilines is 1. The van der Waals surface area contributed by atoms with E-state index in [0.29, 0.717) is 17.5 Å². The standard InChI is InChI=1S/C17H14Br2N2/c18-14-3-1-11(2-4-14)12-8-16(9-12)21-17-6-5-15(19)7-13(17)10-20/h1-7,12,16,21H,8-9H2. The van der Waals surface area contributed by atoms with Gasteiger partial charge in [-0.15, -0.1) is 0 Å². The van der Waals surface area contributed by atoms with Crippen LogP contribution in [0.5, 0.6) is 0 Å². The summed E-state index contributed by atoms with van der Waals surface area (Å²) in [5.41, 5.74) is 3.02. The lowest BCUT2D eigenvalue weighted by atomic mass is 9.76. The number of nitrogens with one attached hydrogen (secondary N) is 1. The highest BCUT2D eigenvalue weighted by Gasteiger charge is 2.30. The lowest BCUT2D eigenvalue weighted by molar-refractivity contribution is 0.374. The van der Waals surface area contributed by atoms with Gasteiger partial charge in [-0.3, -0.25) is 0 Å². The minimum atomic E-state index is 0.451. The second-order valence-corrected chi connectivity index (χ2v) is 7.19. The highest BCUT2D eigenvalue weighted by atomic mass is 79.9. The van der Waals surface area contributed by atoms with Gasteiger partial charge in [0.1, 0.15) is 6.07 Å². The summed E-state index contributed by atoms with van der Waals surface area (Å²) < 4.78 is 2.06. The van der Waals surface area contributed by atoms with Gasteiger partial charge in [-0.05, 0) is 54.7 Å². The fraction of sp³-hybridized carbons (Fsp3) is 0.235. The van der Waals surface area contributed by atoms with Crippen molar-refractivity contribution in [2.75, 3.05) is 5.32 Å². The van der Waals surface area contributed by atoms with Gasteiger partial charge in [-0.1, -0.05) is 44.0 Å². The first kappa shape index (κ1) is 14.6. The summed E-state index contributed by atoms with van der Waals surface area (Å²) in [6.45, 7) is 0. The number of halogens is 2. The Morgan fingerprint density at radius 1 is 1.00 bits per heavy atom. The maximum Gasteiger partial charge on any atom is 0.101 e. The topological polar surface area (TPSA) is 35.8 Å². The van der Waals surface area contributed by atoms with Crippen molar-refractivity contribution >= 4 is 37.5 Å². The van der Waals surface area contributed by atoms with Crippen LogP contribution in [0.2, 0.25) is 0 Å². The molecule has 0 spiro atoms. The summed E-state index contributed by atoms with van der Waals surface area (Å²) in [5, 5.41) is 12.7. The summed E-state index contributed by atoms with van der Waals surface area (Å²) in [5.74, 6) is 0.622. The van der Waals surface area contributed by atoms with Crippen LogP contribution in [-0.4, -0.2) is 6.04 Å². The van der Waals surface area contributed by atoms with Gasteiger partial charge in [0.05, 0.1) is 11.3 Å². The van der Waals surface area contributed by atoms with Crippen LogP contribution >= 0.6 is 31.9 Å². The molecule has 0 atom stereocenters. The van der Waals surface area contributed by atoms with E-state index in [-0.39, 0.29) is 0 Å².